The largest absolute Gasteiger partial charge is 0.417 e. The van der Waals surface area contributed by atoms with Crippen LogP contribution in [0.5, 0.6) is 0 Å². The Labute approximate surface area is 114 Å². The highest BCUT2D eigenvalue weighted by Crippen LogP contribution is 2.33. The lowest BCUT2D eigenvalue weighted by atomic mass is 10.1. The number of nitriles is 1. The molecule has 4 nitrogen and oxygen atoms in total. The average Bonchev–Trinajstić information content (AvgIpc) is 2.45. The molecule has 1 heterocycles. The minimum absolute atomic E-state index is 0.0636. The Morgan fingerprint density at radius 1 is 1.45 bits per heavy atom. The van der Waals surface area contributed by atoms with E-state index in [0.717, 1.165) is 12.6 Å². The van der Waals surface area contributed by atoms with Gasteiger partial charge in [-0.25, -0.2) is 0 Å². The molecule has 1 saturated heterocycles. The second-order valence-corrected chi connectivity index (χ2v) is 4.48. The molecule has 2 N–H and O–H groups in total. The third-order valence-corrected chi connectivity index (χ3v) is 3.00. The van der Waals surface area contributed by atoms with E-state index in [1.807, 2.05) is 0 Å². The number of benzene rings is 1. The number of halogens is 3. The van der Waals surface area contributed by atoms with Gasteiger partial charge in [0.05, 0.1) is 30.4 Å². The predicted molar refractivity (Wildman–Crippen MR) is 67.3 cm³/mol. The smallest absolute Gasteiger partial charge is 0.383 e. The van der Waals surface area contributed by atoms with Crippen molar-refractivity contribution in [3.8, 4) is 6.07 Å². The van der Waals surface area contributed by atoms with Gasteiger partial charge in [-0.3, -0.25) is 0 Å². The van der Waals surface area contributed by atoms with Gasteiger partial charge in [0, 0.05) is 24.8 Å². The number of ether oxygens (including phenoxy) is 1. The first kappa shape index (κ1) is 14.6. The van der Waals surface area contributed by atoms with Crippen molar-refractivity contribution in [1.29, 1.82) is 5.26 Å². The molecule has 2 rings (SSSR count). The highest BCUT2D eigenvalue weighted by atomic mass is 19.4. The van der Waals surface area contributed by atoms with E-state index in [0.29, 0.717) is 25.4 Å². The van der Waals surface area contributed by atoms with Crippen LogP contribution < -0.4 is 10.6 Å². The van der Waals surface area contributed by atoms with Gasteiger partial charge >= 0.3 is 6.18 Å². The first-order valence-electron chi connectivity index (χ1n) is 6.17. The highest BCUT2D eigenvalue weighted by Gasteiger charge is 2.33. The van der Waals surface area contributed by atoms with Crippen LogP contribution in [0.3, 0.4) is 0 Å². The SMILES string of the molecule is N#Cc1ccc(NCC2COCCN2)cc1C(F)(F)F. The Morgan fingerprint density at radius 3 is 2.85 bits per heavy atom. The van der Waals surface area contributed by atoms with Crippen LogP contribution in [0.4, 0.5) is 18.9 Å². The summed E-state index contributed by atoms with van der Waals surface area (Å²) < 4.78 is 43.7. The molecule has 1 aliphatic rings. The van der Waals surface area contributed by atoms with E-state index in [2.05, 4.69) is 10.6 Å². The normalized spacial score (nSPS) is 19.4. The molecular formula is C13H14F3N3O. The van der Waals surface area contributed by atoms with E-state index in [-0.39, 0.29) is 11.6 Å². The topological polar surface area (TPSA) is 57.1 Å². The van der Waals surface area contributed by atoms with Crippen molar-refractivity contribution in [2.45, 2.75) is 12.2 Å². The Balaban J connectivity index is 2.07. The summed E-state index contributed by atoms with van der Waals surface area (Å²) in [5, 5.41) is 14.8. The van der Waals surface area contributed by atoms with Gasteiger partial charge in [-0.05, 0) is 18.2 Å². The summed E-state index contributed by atoms with van der Waals surface area (Å²) in [6.45, 7) is 2.36. The molecule has 7 heteroatoms. The first-order valence-corrected chi connectivity index (χ1v) is 6.17. The summed E-state index contributed by atoms with van der Waals surface area (Å²) in [4.78, 5) is 0. The summed E-state index contributed by atoms with van der Waals surface area (Å²) in [5.41, 5.74) is -0.955. The lowest BCUT2D eigenvalue weighted by Gasteiger charge is -2.24. The van der Waals surface area contributed by atoms with E-state index in [4.69, 9.17) is 10.00 Å². The van der Waals surface area contributed by atoms with E-state index >= 15 is 0 Å². The van der Waals surface area contributed by atoms with Crippen molar-refractivity contribution in [2.75, 3.05) is 31.6 Å². The monoisotopic (exact) mass is 285 g/mol. The maximum absolute atomic E-state index is 12.8. The Kier molecular flexibility index (Phi) is 4.47. The van der Waals surface area contributed by atoms with E-state index in [1.54, 1.807) is 6.07 Å². The van der Waals surface area contributed by atoms with Crippen molar-refractivity contribution in [1.82, 2.24) is 5.32 Å². The first-order chi connectivity index (χ1) is 9.50. The minimum atomic E-state index is -4.53. The molecule has 108 valence electrons. The lowest BCUT2D eigenvalue weighted by Crippen LogP contribution is -2.45. The molecule has 1 aromatic carbocycles. The molecule has 0 radical (unpaired) electrons. The minimum Gasteiger partial charge on any atom is -0.383 e. The molecule has 0 aromatic heterocycles. The number of hydrogen-bond acceptors (Lipinski definition) is 4. The fraction of sp³-hybridized carbons (Fsp3) is 0.462. The lowest BCUT2D eigenvalue weighted by molar-refractivity contribution is -0.137. The Morgan fingerprint density at radius 2 is 2.25 bits per heavy atom. The molecule has 1 atom stereocenters. The van der Waals surface area contributed by atoms with Gasteiger partial charge in [0.1, 0.15) is 0 Å². The second-order valence-electron chi connectivity index (χ2n) is 4.48. The third-order valence-electron chi connectivity index (χ3n) is 3.00. The molecule has 0 bridgehead atoms. The number of morpholine rings is 1. The molecule has 1 fully saturated rings. The number of alkyl halides is 3. The third kappa shape index (κ3) is 3.62. The van der Waals surface area contributed by atoms with Crippen LogP contribution in [-0.2, 0) is 10.9 Å². The van der Waals surface area contributed by atoms with Crippen LogP contribution in [0.15, 0.2) is 18.2 Å². The van der Waals surface area contributed by atoms with Crippen LogP contribution in [0.25, 0.3) is 0 Å². The van der Waals surface area contributed by atoms with Crippen LogP contribution in [-0.4, -0.2) is 32.3 Å². The maximum atomic E-state index is 12.8. The molecular weight excluding hydrogens is 271 g/mol. The molecule has 0 aliphatic carbocycles. The molecule has 1 aliphatic heterocycles. The van der Waals surface area contributed by atoms with Gasteiger partial charge in [-0.2, -0.15) is 18.4 Å². The van der Waals surface area contributed by atoms with Crippen LogP contribution >= 0.6 is 0 Å². The standard InChI is InChI=1S/C13H14F3N3O/c14-13(15,16)12-5-10(2-1-9(12)6-17)19-7-11-8-20-4-3-18-11/h1-2,5,11,18-19H,3-4,7-8H2. The quantitative estimate of drug-likeness (QED) is 0.891. The molecule has 1 unspecified atom stereocenters. The number of rotatable bonds is 3. The zero-order valence-corrected chi connectivity index (χ0v) is 10.6. The Bertz CT molecular complexity index is 505. The van der Waals surface area contributed by atoms with Crippen molar-refractivity contribution >= 4 is 5.69 Å². The number of anilines is 1. The van der Waals surface area contributed by atoms with Gasteiger partial charge < -0.3 is 15.4 Å². The number of hydrogen-bond donors (Lipinski definition) is 2. The molecule has 0 saturated carbocycles. The summed E-state index contributed by atoms with van der Waals surface area (Å²) in [7, 11) is 0. The van der Waals surface area contributed by atoms with Crippen molar-refractivity contribution in [2.24, 2.45) is 0 Å². The van der Waals surface area contributed by atoms with E-state index in [9.17, 15) is 13.2 Å². The van der Waals surface area contributed by atoms with Gasteiger partial charge in [-0.15, -0.1) is 0 Å². The summed E-state index contributed by atoms with van der Waals surface area (Å²) in [6, 6.07) is 5.23. The highest BCUT2D eigenvalue weighted by molar-refractivity contribution is 5.53. The number of nitrogens with zero attached hydrogens (tertiary/aromatic N) is 1. The summed E-state index contributed by atoms with van der Waals surface area (Å²) >= 11 is 0. The van der Waals surface area contributed by atoms with Gasteiger partial charge in [0.25, 0.3) is 0 Å². The van der Waals surface area contributed by atoms with E-state index in [1.165, 1.54) is 12.1 Å². The molecule has 20 heavy (non-hydrogen) atoms. The fourth-order valence-corrected chi connectivity index (χ4v) is 1.98. The summed E-state index contributed by atoms with van der Waals surface area (Å²) in [5.74, 6) is 0. The zero-order valence-electron chi connectivity index (χ0n) is 10.6. The summed E-state index contributed by atoms with van der Waals surface area (Å²) in [6.07, 6.45) is -4.53. The maximum Gasteiger partial charge on any atom is 0.417 e. The van der Waals surface area contributed by atoms with Crippen molar-refractivity contribution in [3.63, 3.8) is 0 Å². The van der Waals surface area contributed by atoms with Gasteiger partial charge in [0.15, 0.2) is 0 Å². The average molecular weight is 285 g/mol. The van der Waals surface area contributed by atoms with Crippen molar-refractivity contribution in [3.05, 3.63) is 29.3 Å². The van der Waals surface area contributed by atoms with E-state index < -0.39 is 11.7 Å². The van der Waals surface area contributed by atoms with Gasteiger partial charge in [-0.1, -0.05) is 0 Å². The van der Waals surface area contributed by atoms with Gasteiger partial charge in [0.2, 0.25) is 0 Å². The second kappa shape index (κ2) is 6.11. The molecule has 0 amide bonds. The Hall–Kier alpha value is -1.78. The number of nitrogens with one attached hydrogen (secondary N) is 2. The predicted octanol–water partition coefficient (Wildman–Crippen LogP) is 1.98. The molecule has 0 spiro atoms. The van der Waals surface area contributed by atoms with Crippen molar-refractivity contribution < 1.29 is 17.9 Å². The van der Waals surface area contributed by atoms with Crippen LogP contribution in [0, 0.1) is 11.3 Å². The zero-order chi connectivity index (χ0) is 14.6. The fourth-order valence-electron chi connectivity index (χ4n) is 1.98. The van der Waals surface area contributed by atoms with Crippen LogP contribution in [0.1, 0.15) is 11.1 Å². The van der Waals surface area contributed by atoms with Crippen LogP contribution in [0.2, 0.25) is 0 Å². The molecule has 1 aromatic rings.